The van der Waals surface area contributed by atoms with Gasteiger partial charge in [0.2, 0.25) is 5.91 Å². The van der Waals surface area contributed by atoms with Gasteiger partial charge in [-0.3, -0.25) is 4.79 Å². The van der Waals surface area contributed by atoms with Gasteiger partial charge < -0.3 is 27.0 Å². The standard InChI is InChI=1S/C26H46N2O3.H3N/c1-2-3-4-5-6-7-8-9-13-18-25(31-22-23-15-11-10-12-16-23)20-26(30)28-24(21-29)17-14-19-27;/h10-12,15-16,24-25,29H,2-9,13-14,17-22,27H2,1H3,(H,28,30);1H3/t24-,25-;/m1./s1. The maximum absolute atomic E-state index is 12.5. The molecule has 0 aliphatic heterocycles. The van der Waals surface area contributed by atoms with Crippen molar-refractivity contribution in [1.82, 2.24) is 11.5 Å². The van der Waals surface area contributed by atoms with Crippen LogP contribution in [0.25, 0.3) is 0 Å². The van der Waals surface area contributed by atoms with Crippen LogP contribution in [-0.4, -0.2) is 36.3 Å². The second kappa shape index (κ2) is 21.4. The highest BCUT2D eigenvalue weighted by Crippen LogP contribution is 2.16. The summed E-state index contributed by atoms with van der Waals surface area (Å²) in [5.41, 5.74) is 6.66. The van der Waals surface area contributed by atoms with E-state index in [1.165, 1.54) is 51.4 Å². The lowest BCUT2D eigenvalue weighted by Gasteiger charge is -2.21. The summed E-state index contributed by atoms with van der Waals surface area (Å²) in [7, 11) is 0. The van der Waals surface area contributed by atoms with E-state index in [2.05, 4.69) is 12.2 Å². The van der Waals surface area contributed by atoms with E-state index in [9.17, 15) is 9.90 Å². The fourth-order valence-corrected chi connectivity index (χ4v) is 3.78. The molecule has 0 aromatic heterocycles. The Bertz CT molecular complexity index is 542. The largest absolute Gasteiger partial charge is 0.394 e. The van der Waals surface area contributed by atoms with Crippen LogP contribution in [0, 0.1) is 0 Å². The van der Waals surface area contributed by atoms with Gasteiger partial charge in [0, 0.05) is 0 Å². The van der Waals surface area contributed by atoms with Gasteiger partial charge in [0.05, 0.1) is 31.8 Å². The Morgan fingerprint density at radius 3 is 2.19 bits per heavy atom. The maximum Gasteiger partial charge on any atom is 0.222 e. The lowest BCUT2D eigenvalue weighted by Crippen LogP contribution is -2.39. The highest BCUT2D eigenvalue weighted by Gasteiger charge is 2.17. The van der Waals surface area contributed by atoms with Gasteiger partial charge in [-0.1, -0.05) is 95.0 Å². The zero-order valence-electron chi connectivity index (χ0n) is 20.4. The van der Waals surface area contributed by atoms with E-state index in [1.54, 1.807) is 0 Å². The number of ether oxygens (including phenoxy) is 1. The monoisotopic (exact) mass is 451 g/mol. The van der Waals surface area contributed by atoms with Crippen LogP contribution in [0.5, 0.6) is 0 Å². The Labute approximate surface area is 196 Å². The molecule has 0 saturated heterocycles. The molecule has 0 fully saturated rings. The van der Waals surface area contributed by atoms with E-state index in [1.807, 2.05) is 30.3 Å². The molecule has 1 rings (SSSR count). The first-order valence-electron chi connectivity index (χ1n) is 12.4. The van der Waals surface area contributed by atoms with Gasteiger partial charge in [-0.25, -0.2) is 0 Å². The van der Waals surface area contributed by atoms with Crippen molar-refractivity contribution in [2.45, 2.75) is 109 Å². The van der Waals surface area contributed by atoms with Gasteiger partial charge in [-0.05, 0) is 31.4 Å². The fourth-order valence-electron chi connectivity index (χ4n) is 3.78. The number of carbonyl (C=O) groups is 1. The van der Waals surface area contributed by atoms with Crippen LogP contribution in [0.3, 0.4) is 0 Å². The number of hydrogen-bond acceptors (Lipinski definition) is 5. The third-order valence-electron chi connectivity index (χ3n) is 5.71. The van der Waals surface area contributed by atoms with E-state index in [-0.39, 0.29) is 30.8 Å². The topological polar surface area (TPSA) is 120 Å². The highest BCUT2D eigenvalue weighted by molar-refractivity contribution is 5.76. The number of amides is 1. The van der Waals surface area contributed by atoms with Gasteiger partial charge in [0.1, 0.15) is 0 Å². The van der Waals surface area contributed by atoms with E-state index in [0.717, 1.165) is 24.8 Å². The number of aliphatic hydroxyl groups is 1. The van der Waals surface area contributed by atoms with Crippen molar-refractivity contribution in [3.8, 4) is 0 Å². The van der Waals surface area contributed by atoms with Crippen LogP contribution in [-0.2, 0) is 16.1 Å². The fraction of sp³-hybridized carbons (Fsp3) is 0.731. The third-order valence-corrected chi connectivity index (χ3v) is 5.71. The van der Waals surface area contributed by atoms with Crippen molar-refractivity contribution >= 4 is 5.91 Å². The van der Waals surface area contributed by atoms with Crippen molar-refractivity contribution in [2.24, 2.45) is 5.73 Å². The SMILES string of the molecule is CCCCCCCCCCC[C@H](CC(=O)N[C@@H](CO)CCCN)OCc1ccccc1.N. The number of hydrogen-bond donors (Lipinski definition) is 4. The molecule has 0 aliphatic carbocycles. The Morgan fingerprint density at radius 2 is 1.59 bits per heavy atom. The van der Waals surface area contributed by atoms with Crippen LogP contribution in [0.15, 0.2) is 30.3 Å². The lowest BCUT2D eigenvalue weighted by molar-refractivity contribution is -0.125. The number of carbonyl (C=O) groups excluding carboxylic acids is 1. The molecule has 1 amide bonds. The van der Waals surface area contributed by atoms with Crippen LogP contribution < -0.4 is 17.2 Å². The van der Waals surface area contributed by atoms with Gasteiger partial charge >= 0.3 is 0 Å². The normalized spacial score (nSPS) is 12.7. The second-order valence-electron chi connectivity index (χ2n) is 8.62. The van der Waals surface area contributed by atoms with Crippen LogP contribution in [0.4, 0.5) is 0 Å². The van der Waals surface area contributed by atoms with Crippen LogP contribution in [0.1, 0.15) is 96.0 Å². The summed E-state index contributed by atoms with van der Waals surface area (Å²) in [5, 5.41) is 12.4. The van der Waals surface area contributed by atoms with Crippen molar-refractivity contribution in [1.29, 1.82) is 0 Å². The molecule has 0 radical (unpaired) electrons. The van der Waals surface area contributed by atoms with Gasteiger partial charge in [0.25, 0.3) is 0 Å². The highest BCUT2D eigenvalue weighted by atomic mass is 16.5. The molecule has 7 N–H and O–H groups in total. The first kappa shape index (κ1) is 30.5. The van der Waals surface area contributed by atoms with Crippen molar-refractivity contribution in [2.75, 3.05) is 13.2 Å². The minimum Gasteiger partial charge on any atom is -0.394 e. The maximum atomic E-state index is 12.5. The molecule has 186 valence electrons. The molecular weight excluding hydrogens is 402 g/mol. The average molecular weight is 452 g/mol. The smallest absolute Gasteiger partial charge is 0.222 e. The molecule has 0 spiro atoms. The first-order chi connectivity index (χ1) is 15.2. The van der Waals surface area contributed by atoms with Crippen molar-refractivity contribution in [3.63, 3.8) is 0 Å². The Hall–Kier alpha value is -1.47. The molecule has 0 saturated carbocycles. The average Bonchev–Trinajstić information content (AvgIpc) is 2.79. The summed E-state index contributed by atoms with van der Waals surface area (Å²) >= 11 is 0. The molecule has 6 heteroatoms. The summed E-state index contributed by atoms with van der Waals surface area (Å²) in [6.45, 7) is 3.28. The van der Waals surface area contributed by atoms with Gasteiger partial charge in [0.15, 0.2) is 0 Å². The molecule has 0 heterocycles. The molecule has 1 aromatic carbocycles. The van der Waals surface area contributed by atoms with E-state index < -0.39 is 0 Å². The summed E-state index contributed by atoms with van der Waals surface area (Å²) in [6, 6.07) is 9.87. The number of rotatable bonds is 20. The summed E-state index contributed by atoms with van der Waals surface area (Å²) in [6.07, 6.45) is 14.2. The minimum absolute atomic E-state index is 0. The van der Waals surface area contributed by atoms with Crippen LogP contribution in [0.2, 0.25) is 0 Å². The number of nitrogens with one attached hydrogen (secondary N) is 1. The molecule has 2 atom stereocenters. The van der Waals surface area contributed by atoms with E-state index >= 15 is 0 Å². The molecule has 0 unspecified atom stereocenters. The third kappa shape index (κ3) is 16.2. The number of nitrogens with two attached hydrogens (primary N) is 1. The Balaban J connectivity index is 0.00000961. The molecule has 6 nitrogen and oxygen atoms in total. The second-order valence-corrected chi connectivity index (χ2v) is 8.62. The summed E-state index contributed by atoms with van der Waals surface area (Å²) in [4.78, 5) is 12.5. The molecule has 0 bridgehead atoms. The quantitative estimate of drug-likeness (QED) is 0.202. The lowest BCUT2D eigenvalue weighted by atomic mass is 10.0. The van der Waals surface area contributed by atoms with E-state index in [0.29, 0.717) is 26.0 Å². The van der Waals surface area contributed by atoms with Gasteiger partial charge in [-0.2, -0.15) is 0 Å². The number of aliphatic hydroxyl groups excluding tert-OH is 1. The number of unbranched alkanes of at least 4 members (excludes halogenated alkanes) is 8. The predicted octanol–water partition coefficient (Wildman–Crippen LogP) is 5.26. The zero-order chi connectivity index (χ0) is 22.6. The minimum atomic E-state index is -0.224. The molecule has 32 heavy (non-hydrogen) atoms. The van der Waals surface area contributed by atoms with Gasteiger partial charge in [-0.15, -0.1) is 0 Å². The van der Waals surface area contributed by atoms with Crippen molar-refractivity contribution in [3.05, 3.63) is 35.9 Å². The van der Waals surface area contributed by atoms with E-state index in [4.69, 9.17) is 10.5 Å². The summed E-state index contributed by atoms with van der Waals surface area (Å²) in [5.74, 6) is -0.0509. The predicted molar refractivity (Wildman–Crippen MR) is 134 cm³/mol. The Kier molecular flexibility index (Phi) is 20.4. The molecule has 1 aromatic rings. The zero-order valence-corrected chi connectivity index (χ0v) is 20.4. The summed E-state index contributed by atoms with van der Waals surface area (Å²) < 4.78 is 6.12. The Morgan fingerprint density at radius 1 is 0.969 bits per heavy atom. The first-order valence-corrected chi connectivity index (χ1v) is 12.4. The van der Waals surface area contributed by atoms with Crippen LogP contribution >= 0.6 is 0 Å². The van der Waals surface area contributed by atoms with Crippen molar-refractivity contribution < 1.29 is 14.6 Å². The number of benzene rings is 1. The molecular formula is C26H49N3O3. The molecule has 0 aliphatic rings.